The maximum atomic E-state index is 11.9. The average Bonchev–Trinajstić information content (AvgIpc) is 2.53. The van der Waals surface area contributed by atoms with Crippen LogP contribution in [0.4, 0.5) is 4.79 Å². The summed E-state index contributed by atoms with van der Waals surface area (Å²) in [5.74, 6) is 0.552. The molecule has 2 N–H and O–H groups in total. The fraction of sp³-hybridized carbons (Fsp3) is 0.250. The van der Waals surface area contributed by atoms with Crippen molar-refractivity contribution in [1.29, 1.82) is 0 Å². The van der Waals surface area contributed by atoms with Gasteiger partial charge in [-0.2, -0.15) is 0 Å². The molecule has 1 aromatic carbocycles. The highest BCUT2D eigenvalue weighted by Gasteiger charge is 2.09. The number of ether oxygens (including phenoxy) is 1. The third-order valence-corrected chi connectivity index (χ3v) is 3.65. The molecular weight excluding hydrogens is 346 g/mol. The zero-order valence-electron chi connectivity index (χ0n) is 12.5. The summed E-state index contributed by atoms with van der Waals surface area (Å²) in [6, 6.07) is 11.2. The van der Waals surface area contributed by atoms with E-state index in [1.54, 1.807) is 19.4 Å². The van der Waals surface area contributed by atoms with Gasteiger partial charge in [0.2, 0.25) is 5.88 Å². The van der Waals surface area contributed by atoms with Gasteiger partial charge in [0.1, 0.15) is 0 Å². The van der Waals surface area contributed by atoms with Crippen LogP contribution in [0.1, 0.15) is 24.1 Å². The van der Waals surface area contributed by atoms with Gasteiger partial charge >= 0.3 is 6.03 Å². The molecule has 2 amide bonds. The van der Waals surface area contributed by atoms with Crippen LogP contribution in [-0.2, 0) is 6.54 Å². The summed E-state index contributed by atoms with van der Waals surface area (Å²) in [7, 11) is 1.57. The van der Waals surface area contributed by atoms with Gasteiger partial charge in [-0.15, -0.1) is 0 Å². The summed E-state index contributed by atoms with van der Waals surface area (Å²) in [5, 5.41) is 5.71. The molecular formula is C16H18BrN3O2. The van der Waals surface area contributed by atoms with Crippen molar-refractivity contribution in [2.75, 3.05) is 7.11 Å². The molecule has 1 aromatic heterocycles. The van der Waals surface area contributed by atoms with Crippen molar-refractivity contribution in [3.63, 3.8) is 0 Å². The van der Waals surface area contributed by atoms with E-state index in [-0.39, 0.29) is 12.1 Å². The number of rotatable bonds is 5. The van der Waals surface area contributed by atoms with Gasteiger partial charge in [0, 0.05) is 23.3 Å². The predicted octanol–water partition coefficient (Wildman–Crippen LogP) is 3.41. The Balaban J connectivity index is 1.84. The topological polar surface area (TPSA) is 63.2 Å². The molecule has 0 aliphatic rings. The maximum Gasteiger partial charge on any atom is 0.315 e. The Bertz CT molecular complexity index is 632. The van der Waals surface area contributed by atoms with E-state index in [4.69, 9.17) is 4.74 Å². The Hall–Kier alpha value is -2.08. The van der Waals surface area contributed by atoms with Gasteiger partial charge < -0.3 is 15.4 Å². The van der Waals surface area contributed by atoms with Gasteiger partial charge in [-0.05, 0) is 30.2 Å². The Morgan fingerprint density at radius 2 is 2.18 bits per heavy atom. The van der Waals surface area contributed by atoms with Crippen LogP contribution in [0.2, 0.25) is 0 Å². The molecule has 116 valence electrons. The summed E-state index contributed by atoms with van der Waals surface area (Å²) in [4.78, 5) is 16.0. The lowest BCUT2D eigenvalue weighted by molar-refractivity contribution is 0.237. The van der Waals surface area contributed by atoms with Crippen LogP contribution in [0.25, 0.3) is 0 Å². The zero-order valence-corrected chi connectivity index (χ0v) is 14.1. The number of carbonyl (C=O) groups is 1. The van der Waals surface area contributed by atoms with Crippen LogP contribution in [-0.4, -0.2) is 18.1 Å². The number of hydrogen-bond acceptors (Lipinski definition) is 3. The lowest BCUT2D eigenvalue weighted by atomic mass is 10.1. The number of methoxy groups -OCH3 is 1. The number of amides is 2. The zero-order chi connectivity index (χ0) is 15.9. The number of aromatic nitrogens is 1. The number of nitrogens with one attached hydrogen (secondary N) is 2. The van der Waals surface area contributed by atoms with E-state index in [2.05, 4.69) is 31.5 Å². The number of nitrogens with zero attached hydrogens (tertiary/aromatic N) is 1. The first-order valence-corrected chi connectivity index (χ1v) is 7.66. The van der Waals surface area contributed by atoms with E-state index in [1.807, 2.05) is 37.3 Å². The first-order valence-electron chi connectivity index (χ1n) is 6.87. The monoisotopic (exact) mass is 363 g/mol. The van der Waals surface area contributed by atoms with E-state index in [9.17, 15) is 4.79 Å². The van der Waals surface area contributed by atoms with E-state index >= 15 is 0 Å². The summed E-state index contributed by atoms with van der Waals surface area (Å²) in [5.41, 5.74) is 1.95. The van der Waals surface area contributed by atoms with Crippen molar-refractivity contribution >= 4 is 22.0 Å². The lowest BCUT2D eigenvalue weighted by Crippen LogP contribution is -2.36. The number of hydrogen-bond donors (Lipinski definition) is 2. The van der Waals surface area contributed by atoms with Crippen LogP contribution in [0.15, 0.2) is 47.1 Å². The molecule has 5 nitrogen and oxygen atoms in total. The SMILES string of the molecule is COc1ccc(CNC(=O)NC(C)c2cccc(Br)c2)cn1. The number of benzene rings is 1. The first-order chi connectivity index (χ1) is 10.6. The lowest BCUT2D eigenvalue weighted by Gasteiger charge is -2.15. The first kappa shape index (κ1) is 16.3. The van der Waals surface area contributed by atoms with E-state index < -0.39 is 0 Å². The molecule has 1 unspecified atom stereocenters. The highest BCUT2D eigenvalue weighted by Crippen LogP contribution is 2.17. The second kappa shape index (κ2) is 7.79. The van der Waals surface area contributed by atoms with Gasteiger partial charge in [0.05, 0.1) is 13.2 Å². The fourth-order valence-corrected chi connectivity index (χ4v) is 2.34. The molecule has 0 saturated heterocycles. The van der Waals surface area contributed by atoms with E-state index in [1.165, 1.54) is 0 Å². The van der Waals surface area contributed by atoms with Crippen LogP contribution in [0.3, 0.4) is 0 Å². The van der Waals surface area contributed by atoms with Crippen molar-refractivity contribution in [3.8, 4) is 5.88 Å². The summed E-state index contributed by atoms with van der Waals surface area (Å²) >= 11 is 3.42. The Labute approximate surface area is 138 Å². The van der Waals surface area contributed by atoms with Crippen LogP contribution in [0.5, 0.6) is 5.88 Å². The largest absolute Gasteiger partial charge is 0.481 e. The molecule has 0 spiro atoms. The van der Waals surface area contributed by atoms with Crippen LogP contribution in [0, 0.1) is 0 Å². The van der Waals surface area contributed by atoms with Gasteiger partial charge in [0.15, 0.2) is 0 Å². The quantitative estimate of drug-likeness (QED) is 0.855. The molecule has 1 atom stereocenters. The smallest absolute Gasteiger partial charge is 0.315 e. The standard InChI is InChI=1S/C16H18BrN3O2/c1-11(13-4-3-5-14(17)8-13)20-16(21)19-10-12-6-7-15(22-2)18-9-12/h3-9,11H,10H2,1-2H3,(H2,19,20,21). The van der Waals surface area contributed by atoms with E-state index in [0.717, 1.165) is 15.6 Å². The highest BCUT2D eigenvalue weighted by molar-refractivity contribution is 9.10. The second-order valence-corrected chi connectivity index (χ2v) is 5.73. The highest BCUT2D eigenvalue weighted by atomic mass is 79.9. The minimum absolute atomic E-state index is 0.0773. The van der Waals surface area contributed by atoms with Crippen molar-refractivity contribution in [2.45, 2.75) is 19.5 Å². The van der Waals surface area contributed by atoms with Crippen molar-refractivity contribution in [3.05, 3.63) is 58.2 Å². The molecule has 2 aromatic rings. The van der Waals surface area contributed by atoms with Gasteiger partial charge in [-0.1, -0.05) is 34.1 Å². The van der Waals surface area contributed by atoms with Crippen LogP contribution >= 0.6 is 15.9 Å². The molecule has 1 heterocycles. The van der Waals surface area contributed by atoms with Crippen LogP contribution < -0.4 is 15.4 Å². The Kier molecular flexibility index (Phi) is 5.77. The number of urea groups is 1. The Morgan fingerprint density at radius 3 is 2.82 bits per heavy atom. The predicted molar refractivity (Wildman–Crippen MR) is 88.7 cm³/mol. The number of pyridine rings is 1. The fourth-order valence-electron chi connectivity index (χ4n) is 1.93. The number of halogens is 1. The maximum absolute atomic E-state index is 11.9. The minimum Gasteiger partial charge on any atom is -0.481 e. The molecule has 6 heteroatoms. The molecule has 0 radical (unpaired) electrons. The molecule has 0 bridgehead atoms. The normalized spacial score (nSPS) is 11.6. The second-order valence-electron chi connectivity index (χ2n) is 4.81. The minimum atomic E-state index is -0.219. The molecule has 0 fully saturated rings. The molecule has 2 rings (SSSR count). The van der Waals surface area contributed by atoms with Crippen molar-refractivity contribution in [1.82, 2.24) is 15.6 Å². The molecule has 0 aliphatic carbocycles. The van der Waals surface area contributed by atoms with Gasteiger partial charge in [0.25, 0.3) is 0 Å². The van der Waals surface area contributed by atoms with E-state index in [0.29, 0.717) is 12.4 Å². The van der Waals surface area contributed by atoms with Crippen molar-refractivity contribution in [2.24, 2.45) is 0 Å². The molecule has 22 heavy (non-hydrogen) atoms. The summed E-state index contributed by atoms with van der Waals surface area (Å²) in [6.45, 7) is 2.35. The Morgan fingerprint density at radius 1 is 1.36 bits per heavy atom. The van der Waals surface area contributed by atoms with Gasteiger partial charge in [-0.25, -0.2) is 9.78 Å². The van der Waals surface area contributed by atoms with Crippen molar-refractivity contribution < 1.29 is 9.53 Å². The third kappa shape index (κ3) is 4.73. The third-order valence-electron chi connectivity index (χ3n) is 3.16. The summed E-state index contributed by atoms with van der Waals surface area (Å²) < 4.78 is 5.98. The molecule has 0 aliphatic heterocycles. The molecule has 0 saturated carbocycles. The number of carbonyl (C=O) groups excluding carboxylic acids is 1. The van der Waals surface area contributed by atoms with Gasteiger partial charge in [-0.3, -0.25) is 0 Å². The summed E-state index contributed by atoms with van der Waals surface area (Å²) in [6.07, 6.45) is 1.68. The average molecular weight is 364 g/mol.